The van der Waals surface area contributed by atoms with Crippen molar-refractivity contribution < 1.29 is 19.1 Å². The van der Waals surface area contributed by atoms with Gasteiger partial charge in [0.25, 0.3) is 0 Å². The Morgan fingerprint density at radius 1 is 1.22 bits per heavy atom. The Kier molecular flexibility index (Phi) is 4.60. The van der Waals surface area contributed by atoms with E-state index in [1.54, 1.807) is 25.3 Å². The summed E-state index contributed by atoms with van der Waals surface area (Å²) in [6, 6.07) is 15.3. The maximum Gasteiger partial charge on any atom is 0.223 e. The summed E-state index contributed by atoms with van der Waals surface area (Å²) < 4.78 is 11.4. The minimum atomic E-state index is -0.596. The molecule has 1 saturated heterocycles. The average molecular weight is 365 g/mol. The van der Waals surface area contributed by atoms with Gasteiger partial charge in [0, 0.05) is 19.4 Å². The highest BCUT2D eigenvalue weighted by atomic mass is 16.5. The number of fused-ring (bicyclic) bond motifs is 1. The van der Waals surface area contributed by atoms with Gasteiger partial charge in [0.2, 0.25) is 5.91 Å². The van der Waals surface area contributed by atoms with Crippen LogP contribution in [0.2, 0.25) is 0 Å². The Bertz CT molecular complexity index is 864. The van der Waals surface area contributed by atoms with Gasteiger partial charge in [-0.1, -0.05) is 30.3 Å². The Morgan fingerprint density at radius 2 is 2.04 bits per heavy atom. The molecule has 5 nitrogen and oxygen atoms in total. The van der Waals surface area contributed by atoms with Crippen LogP contribution in [0, 0.1) is 0 Å². The second kappa shape index (κ2) is 7.06. The minimum absolute atomic E-state index is 0.0498. The summed E-state index contributed by atoms with van der Waals surface area (Å²) in [5.41, 5.74) is 1.13. The Balaban J connectivity index is 1.42. The van der Waals surface area contributed by atoms with Gasteiger partial charge in [-0.05, 0) is 30.2 Å². The molecule has 0 aromatic heterocycles. The summed E-state index contributed by atoms with van der Waals surface area (Å²) >= 11 is 0. The number of carbonyl (C=O) groups is 2. The van der Waals surface area contributed by atoms with Crippen molar-refractivity contribution in [1.82, 2.24) is 4.90 Å². The molecule has 140 valence electrons. The number of hydrogen-bond acceptors (Lipinski definition) is 4. The van der Waals surface area contributed by atoms with Gasteiger partial charge in [0.05, 0.1) is 25.6 Å². The van der Waals surface area contributed by atoms with Crippen LogP contribution in [0.5, 0.6) is 11.5 Å². The number of rotatable bonds is 4. The number of methoxy groups -OCH3 is 1. The fourth-order valence-electron chi connectivity index (χ4n) is 3.94. The Morgan fingerprint density at radius 3 is 2.81 bits per heavy atom. The maximum absolute atomic E-state index is 12.7. The van der Waals surface area contributed by atoms with Crippen molar-refractivity contribution in [3.8, 4) is 11.5 Å². The molecular weight excluding hydrogens is 342 g/mol. The molecule has 2 heterocycles. The highest BCUT2D eigenvalue weighted by molar-refractivity contribution is 6.01. The fraction of sp³-hybridized carbons (Fsp3) is 0.364. The van der Waals surface area contributed by atoms with E-state index in [1.165, 1.54) is 0 Å². The molecule has 1 spiro atoms. The molecule has 0 N–H and O–H groups in total. The van der Waals surface area contributed by atoms with Crippen LogP contribution in [0.4, 0.5) is 0 Å². The maximum atomic E-state index is 12.7. The Hall–Kier alpha value is -2.82. The number of ether oxygens (including phenoxy) is 2. The normalized spacial score (nSPS) is 21.1. The van der Waals surface area contributed by atoms with Crippen LogP contribution < -0.4 is 9.47 Å². The zero-order valence-corrected chi connectivity index (χ0v) is 15.4. The topological polar surface area (TPSA) is 55.8 Å². The van der Waals surface area contributed by atoms with E-state index in [4.69, 9.17) is 9.47 Å². The van der Waals surface area contributed by atoms with Crippen molar-refractivity contribution in [3.05, 3.63) is 59.7 Å². The van der Waals surface area contributed by atoms with E-state index >= 15 is 0 Å². The zero-order chi connectivity index (χ0) is 18.9. The summed E-state index contributed by atoms with van der Waals surface area (Å²) in [5.74, 6) is 1.40. The number of benzene rings is 2. The van der Waals surface area contributed by atoms with Crippen LogP contribution in [0.25, 0.3) is 0 Å². The number of amides is 1. The van der Waals surface area contributed by atoms with Gasteiger partial charge in [-0.15, -0.1) is 0 Å². The lowest BCUT2D eigenvalue weighted by Gasteiger charge is -2.34. The molecule has 0 aliphatic carbocycles. The number of likely N-dealkylation sites (tertiary alicyclic amines) is 1. The summed E-state index contributed by atoms with van der Waals surface area (Å²) in [6.07, 6.45) is 2.18. The SMILES string of the molecule is COc1ccc2c(c1)C(=O)CC1(CCN(C(=O)CCc3ccccc3)C1)O2. The molecule has 1 atom stereocenters. The van der Waals surface area contributed by atoms with E-state index in [9.17, 15) is 9.59 Å². The smallest absolute Gasteiger partial charge is 0.223 e. The summed E-state index contributed by atoms with van der Waals surface area (Å²) in [4.78, 5) is 27.1. The van der Waals surface area contributed by atoms with Crippen molar-refractivity contribution >= 4 is 11.7 Å². The van der Waals surface area contributed by atoms with Gasteiger partial charge in [-0.3, -0.25) is 9.59 Å². The number of Topliss-reactive ketones (excluding diaryl/α,β-unsaturated/α-hetero) is 1. The molecule has 0 bridgehead atoms. The molecule has 1 fully saturated rings. The summed E-state index contributed by atoms with van der Waals surface area (Å²) in [5, 5.41) is 0. The molecule has 0 radical (unpaired) electrons. The van der Waals surface area contributed by atoms with Crippen molar-refractivity contribution in [2.75, 3.05) is 20.2 Å². The van der Waals surface area contributed by atoms with Gasteiger partial charge in [0.1, 0.15) is 17.1 Å². The van der Waals surface area contributed by atoms with Gasteiger partial charge >= 0.3 is 0 Å². The number of aryl methyl sites for hydroxylation is 1. The lowest BCUT2D eigenvalue weighted by molar-refractivity contribution is -0.130. The number of carbonyl (C=O) groups excluding carboxylic acids is 2. The van der Waals surface area contributed by atoms with Crippen LogP contribution in [-0.2, 0) is 11.2 Å². The van der Waals surface area contributed by atoms with Crippen LogP contribution in [-0.4, -0.2) is 42.4 Å². The highest BCUT2D eigenvalue weighted by Crippen LogP contribution is 2.40. The molecule has 1 unspecified atom stereocenters. The van der Waals surface area contributed by atoms with Crippen molar-refractivity contribution in [2.24, 2.45) is 0 Å². The first-order chi connectivity index (χ1) is 13.1. The van der Waals surface area contributed by atoms with Crippen molar-refractivity contribution in [2.45, 2.75) is 31.3 Å². The van der Waals surface area contributed by atoms with E-state index in [0.29, 0.717) is 49.4 Å². The van der Waals surface area contributed by atoms with E-state index in [1.807, 2.05) is 35.2 Å². The average Bonchev–Trinajstić information content (AvgIpc) is 3.10. The molecular formula is C22H23NO4. The molecule has 2 aliphatic rings. The lowest BCUT2D eigenvalue weighted by atomic mass is 9.89. The number of hydrogen-bond donors (Lipinski definition) is 0. The van der Waals surface area contributed by atoms with Gasteiger partial charge in [-0.25, -0.2) is 0 Å². The molecule has 0 saturated carbocycles. The van der Waals surface area contributed by atoms with Crippen LogP contribution in [0.15, 0.2) is 48.5 Å². The molecule has 1 amide bonds. The molecule has 27 heavy (non-hydrogen) atoms. The predicted molar refractivity (Wildman–Crippen MR) is 101 cm³/mol. The first kappa shape index (κ1) is 17.6. The van der Waals surface area contributed by atoms with Crippen LogP contribution in [0.1, 0.15) is 35.2 Å². The minimum Gasteiger partial charge on any atom is -0.497 e. The third kappa shape index (κ3) is 3.54. The largest absolute Gasteiger partial charge is 0.497 e. The first-order valence-corrected chi connectivity index (χ1v) is 9.30. The van der Waals surface area contributed by atoms with E-state index in [-0.39, 0.29) is 11.7 Å². The monoisotopic (exact) mass is 365 g/mol. The third-order valence-corrected chi connectivity index (χ3v) is 5.44. The van der Waals surface area contributed by atoms with Crippen molar-refractivity contribution in [3.63, 3.8) is 0 Å². The molecule has 4 rings (SSSR count). The molecule has 2 aliphatic heterocycles. The molecule has 5 heteroatoms. The summed E-state index contributed by atoms with van der Waals surface area (Å²) in [7, 11) is 1.58. The standard InChI is InChI=1S/C22H23NO4/c1-26-17-8-9-20-18(13-17)19(24)14-22(27-20)11-12-23(15-22)21(25)10-7-16-5-3-2-4-6-16/h2-6,8-9,13H,7,10-12,14-15H2,1H3. The molecule has 2 aromatic carbocycles. The highest BCUT2D eigenvalue weighted by Gasteiger charge is 2.46. The predicted octanol–water partition coefficient (Wildman–Crippen LogP) is 3.26. The zero-order valence-electron chi connectivity index (χ0n) is 15.4. The van der Waals surface area contributed by atoms with E-state index in [2.05, 4.69) is 0 Å². The Labute approximate surface area is 158 Å². The van der Waals surface area contributed by atoms with E-state index in [0.717, 1.165) is 12.0 Å². The van der Waals surface area contributed by atoms with Gasteiger partial charge < -0.3 is 14.4 Å². The van der Waals surface area contributed by atoms with Crippen LogP contribution in [0.3, 0.4) is 0 Å². The number of nitrogens with zero attached hydrogens (tertiary/aromatic N) is 1. The van der Waals surface area contributed by atoms with Crippen LogP contribution >= 0.6 is 0 Å². The second-order valence-electron chi connectivity index (χ2n) is 7.30. The fourth-order valence-corrected chi connectivity index (χ4v) is 3.94. The van der Waals surface area contributed by atoms with Crippen molar-refractivity contribution in [1.29, 1.82) is 0 Å². The van der Waals surface area contributed by atoms with Gasteiger partial charge in [0.15, 0.2) is 5.78 Å². The van der Waals surface area contributed by atoms with E-state index < -0.39 is 5.60 Å². The first-order valence-electron chi connectivity index (χ1n) is 9.30. The summed E-state index contributed by atoms with van der Waals surface area (Å²) in [6.45, 7) is 1.10. The molecule has 2 aromatic rings. The quantitative estimate of drug-likeness (QED) is 0.834. The lowest BCUT2D eigenvalue weighted by Crippen LogP contribution is -2.45. The second-order valence-corrected chi connectivity index (χ2v) is 7.30. The van der Waals surface area contributed by atoms with Gasteiger partial charge in [-0.2, -0.15) is 0 Å². The number of ketones is 1. The third-order valence-electron chi connectivity index (χ3n) is 5.44.